The van der Waals surface area contributed by atoms with Crippen LogP contribution >= 0.6 is 22.9 Å². The molecule has 3 nitrogen and oxygen atoms in total. The van der Waals surface area contributed by atoms with Crippen molar-refractivity contribution in [2.75, 3.05) is 18.4 Å². The van der Waals surface area contributed by atoms with Gasteiger partial charge in [0.05, 0.1) is 5.00 Å². The Morgan fingerprint density at radius 2 is 2.05 bits per heavy atom. The van der Waals surface area contributed by atoms with E-state index in [1.807, 2.05) is 34.5 Å². The third-order valence-electron chi connectivity index (χ3n) is 4.05. The van der Waals surface area contributed by atoms with Crippen LogP contribution in [-0.2, 0) is 0 Å². The fourth-order valence-electron chi connectivity index (χ4n) is 2.87. The van der Waals surface area contributed by atoms with Crippen LogP contribution in [0.1, 0.15) is 30.7 Å². The first-order chi connectivity index (χ1) is 10.7. The molecule has 1 aromatic heterocycles. The van der Waals surface area contributed by atoms with Gasteiger partial charge in [-0.2, -0.15) is 0 Å². The summed E-state index contributed by atoms with van der Waals surface area (Å²) in [5, 5.41) is 6.61. The van der Waals surface area contributed by atoms with Crippen molar-refractivity contribution in [3.05, 3.63) is 52.4 Å². The lowest BCUT2D eigenvalue weighted by molar-refractivity contribution is 0.211. The summed E-state index contributed by atoms with van der Waals surface area (Å²) in [5.41, 5.74) is 1.26. The number of rotatable bonds is 2. The molecule has 1 saturated heterocycles. The number of hydrogen-bond acceptors (Lipinski definition) is 2. The predicted molar refractivity (Wildman–Crippen MR) is 93.0 cm³/mol. The Labute approximate surface area is 139 Å². The number of halogens is 1. The Kier molecular flexibility index (Phi) is 5.01. The fourth-order valence-corrected chi connectivity index (χ4v) is 3.60. The molecule has 1 fully saturated rings. The van der Waals surface area contributed by atoms with E-state index < -0.39 is 0 Å². The van der Waals surface area contributed by atoms with E-state index in [9.17, 15) is 4.79 Å². The largest absolute Gasteiger partial charge is 0.324 e. The fraction of sp³-hybridized carbons (Fsp3) is 0.353. The number of carbonyl (C=O) groups is 1. The molecular formula is C17H19ClN2OS. The summed E-state index contributed by atoms with van der Waals surface area (Å²) < 4.78 is 0. The number of nitrogens with one attached hydrogen (secondary N) is 1. The van der Waals surface area contributed by atoms with Gasteiger partial charge in [-0.15, -0.1) is 11.3 Å². The Morgan fingerprint density at radius 3 is 2.77 bits per heavy atom. The lowest BCUT2D eigenvalue weighted by Crippen LogP contribution is -2.37. The molecule has 3 rings (SSSR count). The summed E-state index contributed by atoms with van der Waals surface area (Å²) in [7, 11) is 0. The Morgan fingerprint density at radius 1 is 1.23 bits per heavy atom. The first-order valence-corrected chi connectivity index (χ1v) is 8.83. The van der Waals surface area contributed by atoms with Gasteiger partial charge in [0.1, 0.15) is 0 Å². The van der Waals surface area contributed by atoms with Crippen molar-refractivity contribution in [2.24, 2.45) is 0 Å². The predicted octanol–water partition coefficient (Wildman–Crippen LogP) is 5.20. The van der Waals surface area contributed by atoms with Gasteiger partial charge in [-0.3, -0.25) is 5.32 Å². The molecule has 2 heterocycles. The van der Waals surface area contributed by atoms with Gasteiger partial charge < -0.3 is 4.90 Å². The van der Waals surface area contributed by atoms with Gasteiger partial charge in [-0.1, -0.05) is 30.2 Å². The second kappa shape index (κ2) is 7.16. The topological polar surface area (TPSA) is 32.3 Å². The molecule has 1 aromatic carbocycles. The second-order valence-electron chi connectivity index (χ2n) is 5.60. The van der Waals surface area contributed by atoms with E-state index in [4.69, 9.17) is 11.6 Å². The summed E-state index contributed by atoms with van der Waals surface area (Å²) in [4.78, 5) is 14.4. The van der Waals surface area contributed by atoms with Crippen molar-refractivity contribution in [1.82, 2.24) is 4.90 Å². The van der Waals surface area contributed by atoms with Crippen LogP contribution in [0, 0.1) is 0 Å². The van der Waals surface area contributed by atoms with E-state index >= 15 is 0 Å². The van der Waals surface area contributed by atoms with Crippen molar-refractivity contribution >= 4 is 34.0 Å². The highest BCUT2D eigenvalue weighted by atomic mass is 35.5. The molecule has 1 aliphatic heterocycles. The number of likely N-dealkylation sites (tertiary alicyclic amines) is 1. The molecule has 0 saturated carbocycles. The van der Waals surface area contributed by atoms with Gasteiger partial charge in [-0.25, -0.2) is 4.79 Å². The Bertz CT molecular complexity index is 612. The molecule has 5 heteroatoms. The minimum Gasteiger partial charge on any atom is -0.324 e. The van der Waals surface area contributed by atoms with Gasteiger partial charge in [0.25, 0.3) is 0 Å². The minimum atomic E-state index is 0.00307. The van der Waals surface area contributed by atoms with Gasteiger partial charge in [0, 0.05) is 24.0 Å². The molecule has 0 bridgehead atoms. The normalized spacial score (nSPS) is 18.8. The van der Waals surface area contributed by atoms with Crippen LogP contribution in [0.25, 0.3) is 0 Å². The quantitative estimate of drug-likeness (QED) is 0.804. The van der Waals surface area contributed by atoms with Gasteiger partial charge >= 0.3 is 6.03 Å². The Hall–Kier alpha value is -1.52. The summed E-state index contributed by atoms with van der Waals surface area (Å²) in [6.45, 7) is 1.58. The number of hydrogen-bond donors (Lipinski definition) is 1. The SMILES string of the molecule is O=C(Nc1cccs1)N1CCCC[C@@H](c2ccc(Cl)cc2)C1. The van der Waals surface area contributed by atoms with E-state index in [-0.39, 0.29) is 6.03 Å². The lowest BCUT2D eigenvalue weighted by atomic mass is 9.94. The van der Waals surface area contributed by atoms with Crippen LogP contribution in [0.5, 0.6) is 0 Å². The molecule has 2 amide bonds. The average Bonchev–Trinajstić information content (AvgIpc) is 2.90. The van der Waals surface area contributed by atoms with Crippen LogP contribution < -0.4 is 5.32 Å². The van der Waals surface area contributed by atoms with E-state index in [0.29, 0.717) is 5.92 Å². The number of benzene rings is 1. The summed E-state index contributed by atoms with van der Waals surface area (Å²) in [5.74, 6) is 0.383. The molecule has 2 aromatic rings. The van der Waals surface area contributed by atoms with Gasteiger partial charge in [0.15, 0.2) is 0 Å². The van der Waals surface area contributed by atoms with Crippen molar-refractivity contribution in [2.45, 2.75) is 25.2 Å². The van der Waals surface area contributed by atoms with Crippen LogP contribution in [0.15, 0.2) is 41.8 Å². The second-order valence-corrected chi connectivity index (χ2v) is 6.98. The molecular weight excluding hydrogens is 316 g/mol. The molecule has 1 aliphatic rings. The van der Waals surface area contributed by atoms with E-state index in [1.165, 1.54) is 5.56 Å². The van der Waals surface area contributed by atoms with Crippen LogP contribution in [0.4, 0.5) is 9.80 Å². The third-order valence-corrected chi connectivity index (χ3v) is 5.09. The molecule has 0 radical (unpaired) electrons. The van der Waals surface area contributed by atoms with Crippen molar-refractivity contribution in [3.63, 3.8) is 0 Å². The van der Waals surface area contributed by atoms with Gasteiger partial charge in [-0.05, 0) is 48.1 Å². The van der Waals surface area contributed by atoms with Crippen LogP contribution in [0.2, 0.25) is 5.02 Å². The zero-order valence-electron chi connectivity index (χ0n) is 12.3. The minimum absolute atomic E-state index is 0.00307. The van der Waals surface area contributed by atoms with E-state index in [2.05, 4.69) is 17.4 Å². The third kappa shape index (κ3) is 3.81. The zero-order chi connectivity index (χ0) is 15.4. The maximum absolute atomic E-state index is 12.4. The number of urea groups is 1. The number of amides is 2. The maximum atomic E-state index is 12.4. The Balaban J connectivity index is 1.69. The van der Waals surface area contributed by atoms with Crippen LogP contribution in [0.3, 0.4) is 0 Å². The highest BCUT2D eigenvalue weighted by molar-refractivity contribution is 7.14. The maximum Gasteiger partial charge on any atom is 0.322 e. The molecule has 0 spiro atoms. The molecule has 22 heavy (non-hydrogen) atoms. The van der Waals surface area contributed by atoms with Crippen molar-refractivity contribution < 1.29 is 4.79 Å². The summed E-state index contributed by atoms with van der Waals surface area (Å²) in [6.07, 6.45) is 3.32. The van der Waals surface area contributed by atoms with E-state index in [1.54, 1.807) is 11.3 Å². The number of carbonyl (C=O) groups excluding carboxylic acids is 1. The number of anilines is 1. The van der Waals surface area contributed by atoms with Gasteiger partial charge in [0.2, 0.25) is 0 Å². The van der Waals surface area contributed by atoms with Crippen LogP contribution in [-0.4, -0.2) is 24.0 Å². The highest BCUT2D eigenvalue weighted by Gasteiger charge is 2.23. The first kappa shape index (κ1) is 15.4. The first-order valence-electron chi connectivity index (χ1n) is 7.57. The molecule has 1 atom stereocenters. The lowest BCUT2D eigenvalue weighted by Gasteiger charge is -2.25. The smallest absolute Gasteiger partial charge is 0.322 e. The summed E-state index contributed by atoms with van der Waals surface area (Å²) in [6, 6.07) is 11.9. The van der Waals surface area contributed by atoms with Crippen molar-refractivity contribution in [1.29, 1.82) is 0 Å². The monoisotopic (exact) mass is 334 g/mol. The molecule has 0 aliphatic carbocycles. The highest BCUT2D eigenvalue weighted by Crippen LogP contribution is 2.28. The average molecular weight is 335 g/mol. The summed E-state index contributed by atoms with van der Waals surface area (Å²) >= 11 is 7.51. The number of nitrogens with zero attached hydrogens (tertiary/aromatic N) is 1. The number of thiophene rings is 1. The molecule has 1 N–H and O–H groups in total. The van der Waals surface area contributed by atoms with E-state index in [0.717, 1.165) is 42.4 Å². The molecule has 116 valence electrons. The standard InChI is InChI=1S/C17H19ClN2OS/c18-15-8-6-13(7-9-15)14-4-1-2-10-20(12-14)17(21)19-16-5-3-11-22-16/h3,5-9,11,14H,1-2,4,10,12H2,(H,19,21)/t14-/m1/s1. The zero-order valence-corrected chi connectivity index (χ0v) is 13.9. The molecule has 0 unspecified atom stereocenters. The van der Waals surface area contributed by atoms with Crippen molar-refractivity contribution in [3.8, 4) is 0 Å².